The first kappa shape index (κ1) is 6.77. The van der Waals surface area contributed by atoms with E-state index >= 15 is 0 Å². The van der Waals surface area contributed by atoms with Crippen molar-refractivity contribution in [2.75, 3.05) is 13.2 Å². The van der Waals surface area contributed by atoms with Crippen LogP contribution in [0, 0.1) is 0 Å². The Morgan fingerprint density at radius 3 is 3.22 bits per heavy atom. The minimum Gasteiger partial charge on any atom is -0.342 e. The Labute approximate surface area is 56.5 Å². The third-order valence-electron chi connectivity index (χ3n) is 0.909. The summed E-state index contributed by atoms with van der Waals surface area (Å²) in [4.78, 5) is 10.7. The van der Waals surface area contributed by atoms with Gasteiger partial charge in [-0.2, -0.15) is 0 Å². The fourth-order valence-corrected chi connectivity index (χ4v) is 1.64. The van der Waals surface area contributed by atoms with Crippen LogP contribution in [0.3, 0.4) is 0 Å². The van der Waals surface area contributed by atoms with Gasteiger partial charge in [-0.3, -0.25) is 4.79 Å². The number of nitrogens with one attached hydrogen (secondary N) is 1. The fourth-order valence-electron chi connectivity index (χ4n) is 0.576. The average molecular weight is 147 g/mol. The van der Waals surface area contributed by atoms with Gasteiger partial charge in [-0.1, -0.05) is 0 Å². The zero-order chi connectivity index (χ0) is 6.69. The molecule has 1 aliphatic rings. The summed E-state index contributed by atoms with van der Waals surface area (Å²) in [5.74, 6) is 0. The van der Waals surface area contributed by atoms with E-state index in [2.05, 4.69) is 5.32 Å². The molecule has 1 heterocycles. The molecule has 0 aliphatic carbocycles. The quantitative estimate of drug-likeness (QED) is 0.585. The summed E-state index contributed by atoms with van der Waals surface area (Å²) in [6.07, 6.45) is 0. The van der Waals surface area contributed by atoms with Crippen molar-refractivity contribution in [1.82, 2.24) is 5.32 Å². The zero-order valence-corrected chi connectivity index (χ0v) is 6.03. The van der Waals surface area contributed by atoms with Crippen LogP contribution in [0.5, 0.6) is 0 Å². The van der Waals surface area contributed by atoms with Crippen LogP contribution in [-0.4, -0.2) is 23.8 Å². The molecule has 0 fully saturated rings. The molecule has 52 valence electrons. The molecule has 0 spiro atoms. The van der Waals surface area contributed by atoms with Crippen LogP contribution < -0.4 is 5.32 Å². The number of rotatable bonds is 2. The van der Waals surface area contributed by atoms with E-state index in [0.717, 1.165) is 0 Å². The van der Waals surface area contributed by atoms with Crippen molar-refractivity contribution in [3.63, 3.8) is 0 Å². The normalized spacial score (nSPS) is 25.4. The topological polar surface area (TPSA) is 38.3 Å². The third-order valence-corrected chi connectivity index (χ3v) is 2.38. The molecule has 1 unspecified atom stereocenters. The van der Waals surface area contributed by atoms with E-state index in [1.54, 1.807) is 0 Å². The molecule has 1 aliphatic heterocycles. The van der Waals surface area contributed by atoms with Gasteiger partial charge in [0.15, 0.2) is 0 Å². The highest BCUT2D eigenvalue weighted by molar-refractivity contribution is 8.24. The maximum absolute atomic E-state index is 10.7. The van der Waals surface area contributed by atoms with Crippen LogP contribution in [0.2, 0.25) is 0 Å². The first-order valence-electron chi connectivity index (χ1n) is 2.82. The standard InChI is InChI=1S/C5H9NO2S/c1-2-8-9-4-3-6-5(9)7/h4H,2-3H2,1H3,(H,6,7). The second-order valence-electron chi connectivity index (χ2n) is 1.54. The van der Waals surface area contributed by atoms with E-state index in [1.807, 2.05) is 12.3 Å². The van der Waals surface area contributed by atoms with Crippen molar-refractivity contribution in [2.24, 2.45) is 0 Å². The summed E-state index contributed by atoms with van der Waals surface area (Å²) in [6.45, 7) is 3.14. The lowest BCUT2D eigenvalue weighted by molar-refractivity contribution is 0.259. The maximum Gasteiger partial charge on any atom is 0.298 e. The third kappa shape index (κ3) is 1.53. The molecule has 0 aromatic heterocycles. The number of carbonyl (C=O) groups is 1. The van der Waals surface area contributed by atoms with Crippen molar-refractivity contribution in [2.45, 2.75) is 6.92 Å². The van der Waals surface area contributed by atoms with Crippen LogP contribution in [0.1, 0.15) is 6.92 Å². The summed E-state index contributed by atoms with van der Waals surface area (Å²) in [5, 5.41) is 4.51. The second kappa shape index (κ2) is 2.98. The Hall–Kier alpha value is -0.350. The largest absolute Gasteiger partial charge is 0.342 e. The van der Waals surface area contributed by atoms with E-state index in [0.29, 0.717) is 13.2 Å². The molecule has 1 N–H and O–H groups in total. The minimum atomic E-state index is -0.547. The van der Waals surface area contributed by atoms with E-state index in [-0.39, 0.29) is 5.24 Å². The molecule has 4 heteroatoms. The molecule has 9 heavy (non-hydrogen) atoms. The van der Waals surface area contributed by atoms with Crippen molar-refractivity contribution >= 4 is 21.4 Å². The van der Waals surface area contributed by atoms with E-state index in [1.165, 1.54) is 0 Å². The van der Waals surface area contributed by atoms with Gasteiger partial charge in [-0.25, -0.2) is 0 Å². The molecule has 1 atom stereocenters. The van der Waals surface area contributed by atoms with Gasteiger partial charge in [0.25, 0.3) is 5.24 Å². The molecule has 0 saturated carbocycles. The van der Waals surface area contributed by atoms with Gasteiger partial charge < -0.3 is 9.50 Å². The molecule has 0 aromatic rings. The van der Waals surface area contributed by atoms with Gasteiger partial charge in [0.1, 0.15) is 0 Å². The molecule has 0 bridgehead atoms. The number of amides is 1. The van der Waals surface area contributed by atoms with Crippen molar-refractivity contribution in [3.8, 4) is 0 Å². The smallest absolute Gasteiger partial charge is 0.298 e. The number of hydrogen-bond donors (Lipinski definition) is 1. The Balaban J connectivity index is 2.47. The first-order valence-corrected chi connectivity index (χ1v) is 4.03. The predicted molar refractivity (Wildman–Crippen MR) is 38.7 cm³/mol. The Kier molecular flexibility index (Phi) is 2.24. The molecular formula is C5H9NO2S. The lowest BCUT2D eigenvalue weighted by Crippen LogP contribution is -2.13. The highest BCUT2D eigenvalue weighted by atomic mass is 32.2. The molecule has 3 nitrogen and oxygen atoms in total. The van der Waals surface area contributed by atoms with E-state index in [4.69, 9.17) is 4.18 Å². The van der Waals surface area contributed by atoms with Crippen molar-refractivity contribution < 1.29 is 8.98 Å². The van der Waals surface area contributed by atoms with Gasteiger partial charge in [-0.05, 0) is 12.3 Å². The molecule has 0 aromatic carbocycles. The van der Waals surface area contributed by atoms with Gasteiger partial charge in [0.2, 0.25) is 0 Å². The highest BCUT2D eigenvalue weighted by Gasteiger charge is 2.11. The molecular weight excluding hydrogens is 138 g/mol. The van der Waals surface area contributed by atoms with Gasteiger partial charge in [0.05, 0.1) is 6.61 Å². The summed E-state index contributed by atoms with van der Waals surface area (Å²) in [5.41, 5.74) is 0. The SMILES string of the molecule is CCOS1=CCNC1=O. The summed E-state index contributed by atoms with van der Waals surface area (Å²) >= 11 is 0. The zero-order valence-electron chi connectivity index (χ0n) is 5.22. The second-order valence-corrected chi connectivity index (χ2v) is 3.07. The van der Waals surface area contributed by atoms with Crippen LogP contribution in [-0.2, 0) is 4.18 Å². The molecule has 0 radical (unpaired) electrons. The van der Waals surface area contributed by atoms with Gasteiger partial charge >= 0.3 is 0 Å². The average Bonchev–Trinajstić information content (AvgIpc) is 2.18. The monoisotopic (exact) mass is 147 g/mol. The number of hydrogen-bond acceptors (Lipinski definition) is 2. The first-order chi connectivity index (χ1) is 4.34. The lowest BCUT2D eigenvalue weighted by Gasteiger charge is -1.97. The summed E-state index contributed by atoms with van der Waals surface area (Å²) < 4.78 is 5.08. The Morgan fingerprint density at radius 2 is 2.78 bits per heavy atom. The molecule has 1 rings (SSSR count). The Morgan fingerprint density at radius 1 is 2.00 bits per heavy atom. The van der Waals surface area contributed by atoms with Crippen LogP contribution in [0.15, 0.2) is 0 Å². The maximum atomic E-state index is 10.7. The highest BCUT2D eigenvalue weighted by Crippen LogP contribution is 2.16. The predicted octanol–water partition coefficient (Wildman–Crippen LogP) is 0.732. The summed E-state index contributed by atoms with van der Waals surface area (Å²) in [6, 6.07) is 0. The molecule has 1 amide bonds. The van der Waals surface area contributed by atoms with Gasteiger partial charge in [-0.15, -0.1) is 0 Å². The minimum absolute atomic E-state index is 0.0110. The van der Waals surface area contributed by atoms with Crippen LogP contribution >= 0.6 is 10.8 Å². The lowest BCUT2D eigenvalue weighted by atomic mass is 10.8. The van der Waals surface area contributed by atoms with Crippen molar-refractivity contribution in [3.05, 3.63) is 0 Å². The van der Waals surface area contributed by atoms with Gasteiger partial charge in [0, 0.05) is 17.3 Å². The van der Waals surface area contributed by atoms with Crippen LogP contribution in [0.25, 0.3) is 0 Å². The fraction of sp³-hybridized carbons (Fsp3) is 0.600. The van der Waals surface area contributed by atoms with Crippen molar-refractivity contribution in [1.29, 1.82) is 0 Å². The molecule has 0 saturated heterocycles. The number of carbonyl (C=O) groups excluding carboxylic acids is 1. The summed E-state index contributed by atoms with van der Waals surface area (Å²) in [7, 11) is -0.547. The van der Waals surface area contributed by atoms with Crippen LogP contribution in [0.4, 0.5) is 4.79 Å². The Bertz CT molecular complexity index is 155. The van der Waals surface area contributed by atoms with E-state index < -0.39 is 10.8 Å². The van der Waals surface area contributed by atoms with E-state index in [9.17, 15) is 4.79 Å².